The van der Waals surface area contributed by atoms with Crippen LogP contribution in [0.3, 0.4) is 0 Å². The first kappa shape index (κ1) is 22.3. The van der Waals surface area contributed by atoms with Crippen LogP contribution >= 0.6 is 0 Å². The first-order valence-electron chi connectivity index (χ1n) is 10.1. The molecule has 0 spiro atoms. The molecule has 0 heterocycles. The third-order valence-electron chi connectivity index (χ3n) is 5.36. The fraction of sp³-hybridized carbons (Fsp3) is 0.348. The summed E-state index contributed by atoms with van der Waals surface area (Å²) < 4.78 is 5.45. The van der Waals surface area contributed by atoms with Crippen molar-refractivity contribution in [1.82, 2.24) is 10.6 Å². The molecule has 2 aromatic rings. The van der Waals surface area contributed by atoms with Crippen LogP contribution in [0.25, 0.3) is 11.1 Å². The molecule has 0 aliphatic heterocycles. The minimum Gasteiger partial charge on any atom is -0.480 e. The van der Waals surface area contributed by atoms with Crippen molar-refractivity contribution in [3.8, 4) is 11.1 Å². The molecule has 2 aromatic carbocycles. The maximum atomic E-state index is 12.5. The lowest BCUT2D eigenvalue weighted by molar-refractivity contribution is -0.143. The number of carbonyl (C=O) groups excluding carboxylic acids is 2. The predicted molar refractivity (Wildman–Crippen MR) is 113 cm³/mol. The second kappa shape index (κ2) is 9.61. The first-order valence-corrected chi connectivity index (χ1v) is 10.1. The van der Waals surface area contributed by atoms with Crippen molar-refractivity contribution in [2.24, 2.45) is 5.92 Å². The van der Waals surface area contributed by atoms with Crippen LogP contribution in [0.1, 0.15) is 30.9 Å². The Kier molecular flexibility index (Phi) is 6.91. The number of benzene rings is 2. The second-order valence-corrected chi connectivity index (χ2v) is 7.77. The number of ether oxygens (including phenoxy) is 1. The van der Waals surface area contributed by atoms with E-state index in [-0.39, 0.29) is 18.4 Å². The molecule has 1 aliphatic carbocycles. The SMILES string of the molecule is CC(C)[C@H](NC(=O)OCC1c2ccccc2-c2ccccc21)C(=O)NC(CO)C(=O)O. The average Bonchev–Trinajstić information content (AvgIpc) is 3.07. The Morgan fingerprint density at radius 1 is 0.968 bits per heavy atom. The summed E-state index contributed by atoms with van der Waals surface area (Å²) in [5.41, 5.74) is 4.36. The number of amides is 2. The van der Waals surface area contributed by atoms with Gasteiger partial charge in [-0.25, -0.2) is 9.59 Å². The maximum Gasteiger partial charge on any atom is 0.407 e. The predicted octanol–water partition coefficient (Wildman–Crippen LogP) is 2.11. The molecule has 3 rings (SSSR count). The highest BCUT2D eigenvalue weighted by Crippen LogP contribution is 2.44. The van der Waals surface area contributed by atoms with Gasteiger partial charge in [0.2, 0.25) is 5.91 Å². The van der Waals surface area contributed by atoms with E-state index in [4.69, 9.17) is 14.9 Å². The third-order valence-corrected chi connectivity index (χ3v) is 5.36. The van der Waals surface area contributed by atoms with E-state index in [2.05, 4.69) is 10.6 Å². The lowest BCUT2D eigenvalue weighted by atomic mass is 9.98. The standard InChI is InChI=1S/C23H26N2O6/c1-13(2)20(21(27)24-19(11-26)22(28)29)25-23(30)31-12-18-16-9-5-3-7-14(16)15-8-4-6-10-17(15)18/h3-10,13,18-20,26H,11-12H2,1-2H3,(H,24,27)(H,25,30)(H,28,29)/t19?,20-/m0/s1. The minimum atomic E-state index is -1.45. The zero-order chi connectivity index (χ0) is 22.5. The van der Waals surface area contributed by atoms with E-state index in [9.17, 15) is 14.4 Å². The molecule has 0 radical (unpaired) electrons. The Morgan fingerprint density at radius 2 is 1.52 bits per heavy atom. The average molecular weight is 426 g/mol. The van der Waals surface area contributed by atoms with Crippen molar-refractivity contribution in [2.45, 2.75) is 31.8 Å². The van der Waals surface area contributed by atoms with Crippen LogP contribution in [0.2, 0.25) is 0 Å². The molecule has 0 bridgehead atoms. The summed E-state index contributed by atoms with van der Waals surface area (Å²) in [6.45, 7) is 2.77. The number of aliphatic carboxylic acids is 1. The Balaban J connectivity index is 1.66. The molecule has 1 unspecified atom stereocenters. The molecule has 1 aliphatic rings. The monoisotopic (exact) mass is 426 g/mol. The molecule has 164 valence electrons. The van der Waals surface area contributed by atoms with Gasteiger partial charge in [-0.3, -0.25) is 4.79 Å². The van der Waals surface area contributed by atoms with Gasteiger partial charge in [0.25, 0.3) is 0 Å². The lowest BCUT2D eigenvalue weighted by Gasteiger charge is -2.23. The normalized spacial score (nSPS) is 14.3. The fourth-order valence-corrected chi connectivity index (χ4v) is 3.75. The van der Waals surface area contributed by atoms with Crippen LogP contribution < -0.4 is 10.6 Å². The molecular weight excluding hydrogens is 400 g/mol. The highest BCUT2D eigenvalue weighted by Gasteiger charge is 2.31. The molecule has 0 fully saturated rings. The van der Waals surface area contributed by atoms with Gasteiger partial charge >= 0.3 is 12.1 Å². The number of aliphatic hydroxyl groups is 1. The number of carboxylic acid groups (broad SMARTS) is 1. The van der Waals surface area contributed by atoms with Gasteiger partial charge < -0.3 is 25.6 Å². The van der Waals surface area contributed by atoms with E-state index in [0.29, 0.717) is 0 Å². The van der Waals surface area contributed by atoms with Crippen molar-refractivity contribution >= 4 is 18.0 Å². The van der Waals surface area contributed by atoms with Crippen molar-refractivity contribution < 1.29 is 29.3 Å². The van der Waals surface area contributed by atoms with E-state index in [1.165, 1.54) is 0 Å². The number of carboxylic acids is 1. The summed E-state index contributed by atoms with van der Waals surface area (Å²) in [6, 6.07) is 13.4. The number of fused-ring (bicyclic) bond motifs is 3. The Morgan fingerprint density at radius 3 is 2.00 bits per heavy atom. The van der Waals surface area contributed by atoms with Gasteiger partial charge in [0.05, 0.1) is 6.61 Å². The molecule has 31 heavy (non-hydrogen) atoms. The van der Waals surface area contributed by atoms with Gasteiger partial charge in [-0.15, -0.1) is 0 Å². The second-order valence-electron chi connectivity index (χ2n) is 7.77. The van der Waals surface area contributed by atoms with Gasteiger partial charge in [-0.1, -0.05) is 62.4 Å². The van der Waals surface area contributed by atoms with E-state index in [1.807, 2.05) is 48.5 Å². The number of carbonyl (C=O) groups is 3. The molecule has 2 amide bonds. The fourth-order valence-electron chi connectivity index (χ4n) is 3.75. The van der Waals surface area contributed by atoms with Crippen LogP contribution in [0.5, 0.6) is 0 Å². The smallest absolute Gasteiger partial charge is 0.407 e. The van der Waals surface area contributed by atoms with Crippen molar-refractivity contribution in [3.05, 3.63) is 59.7 Å². The van der Waals surface area contributed by atoms with Crippen LogP contribution in [-0.4, -0.2) is 53.5 Å². The Bertz CT molecular complexity index is 929. The van der Waals surface area contributed by atoms with Gasteiger partial charge in [0.15, 0.2) is 0 Å². The zero-order valence-corrected chi connectivity index (χ0v) is 17.4. The molecule has 8 heteroatoms. The summed E-state index contributed by atoms with van der Waals surface area (Å²) in [7, 11) is 0. The number of hydrogen-bond acceptors (Lipinski definition) is 5. The van der Waals surface area contributed by atoms with E-state index < -0.39 is 36.7 Å². The van der Waals surface area contributed by atoms with Gasteiger partial charge in [0, 0.05) is 5.92 Å². The minimum absolute atomic E-state index is 0.0979. The molecule has 8 nitrogen and oxygen atoms in total. The van der Waals surface area contributed by atoms with Crippen molar-refractivity contribution in [3.63, 3.8) is 0 Å². The lowest BCUT2D eigenvalue weighted by Crippen LogP contribution is -2.54. The first-order chi connectivity index (χ1) is 14.8. The Labute approximate surface area is 180 Å². The number of aliphatic hydroxyl groups excluding tert-OH is 1. The van der Waals surface area contributed by atoms with E-state index in [0.717, 1.165) is 22.3 Å². The summed E-state index contributed by atoms with van der Waals surface area (Å²) in [4.78, 5) is 35.9. The number of nitrogens with one attached hydrogen (secondary N) is 2. The van der Waals surface area contributed by atoms with E-state index in [1.54, 1.807) is 13.8 Å². The van der Waals surface area contributed by atoms with Crippen LogP contribution in [0.4, 0.5) is 4.79 Å². The summed E-state index contributed by atoms with van der Waals surface area (Å²) in [5, 5.41) is 22.8. The zero-order valence-electron chi connectivity index (χ0n) is 17.4. The van der Waals surface area contributed by atoms with E-state index >= 15 is 0 Å². The van der Waals surface area contributed by atoms with Crippen LogP contribution in [-0.2, 0) is 14.3 Å². The van der Waals surface area contributed by atoms with Crippen LogP contribution in [0.15, 0.2) is 48.5 Å². The molecular formula is C23H26N2O6. The number of hydrogen-bond donors (Lipinski definition) is 4. The van der Waals surface area contributed by atoms with Gasteiger partial charge in [-0.2, -0.15) is 0 Å². The number of rotatable bonds is 8. The molecule has 0 aromatic heterocycles. The highest BCUT2D eigenvalue weighted by atomic mass is 16.5. The third kappa shape index (κ3) is 4.86. The molecule has 4 N–H and O–H groups in total. The summed E-state index contributed by atoms with van der Waals surface area (Å²) >= 11 is 0. The largest absolute Gasteiger partial charge is 0.480 e. The van der Waals surface area contributed by atoms with Crippen LogP contribution in [0, 0.1) is 5.92 Å². The topological polar surface area (TPSA) is 125 Å². The molecule has 0 saturated carbocycles. The quantitative estimate of drug-likeness (QED) is 0.512. The molecule has 0 saturated heterocycles. The maximum absolute atomic E-state index is 12.5. The van der Waals surface area contributed by atoms with Crippen molar-refractivity contribution in [2.75, 3.05) is 13.2 Å². The van der Waals surface area contributed by atoms with Gasteiger partial charge in [-0.05, 0) is 28.2 Å². The summed E-state index contributed by atoms with van der Waals surface area (Å²) in [6.07, 6.45) is -0.772. The van der Waals surface area contributed by atoms with Gasteiger partial charge in [0.1, 0.15) is 18.7 Å². The Hall–Kier alpha value is -3.39. The number of alkyl carbamates (subject to hydrolysis) is 1. The van der Waals surface area contributed by atoms with Crippen molar-refractivity contribution in [1.29, 1.82) is 0 Å². The molecule has 2 atom stereocenters. The summed E-state index contributed by atoms with van der Waals surface area (Å²) in [5.74, 6) is -2.51. The highest BCUT2D eigenvalue weighted by molar-refractivity contribution is 5.89.